The molecular formula is C13H18ClFN2O2S2. The van der Waals surface area contributed by atoms with Gasteiger partial charge in [-0.05, 0) is 36.8 Å². The molecule has 21 heavy (non-hydrogen) atoms. The minimum atomic E-state index is -3.71. The smallest absolute Gasteiger partial charge is 0.240 e. The number of hydrogen-bond donors (Lipinski definition) is 2. The Morgan fingerprint density at radius 2 is 2.14 bits per heavy atom. The molecule has 0 amide bonds. The molecule has 0 aromatic heterocycles. The predicted molar refractivity (Wildman–Crippen MR) is 84.8 cm³/mol. The first-order chi connectivity index (χ1) is 9.94. The molecule has 2 N–H and O–H groups in total. The highest BCUT2D eigenvalue weighted by molar-refractivity contribution is 7.98. The van der Waals surface area contributed by atoms with Crippen molar-refractivity contribution in [1.82, 2.24) is 10.0 Å². The molecule has 1 aliphatic carbocycles. The Hall–Kier alpha value is -0.340. The molecule has 0 radical (unpaired) electrons. The van der Waals surface area contributed by atoms with Crippen molar-refractivity contribution in [2.45, 2.75) is 30.3 Å². The van der Waals surface area contributed by atoms with Crippen molar-refractivity contribution in [2.75, 3.05) is 18.6 Å². The maximum absolute atomic E-state index is 13.8. The summed E-state index contributed by atoms with van der Waals surface area (Å²) < 4.78 is 40.5. The van der Waals surface area contributed by atoms with Crippen LogP contribution in [0.3, 0.4) is 0 Å². The van der Waals surface area contributed by atoms with E-state index in [-0.39, 0.29) is 9.92 Å². The average Bonchev–Trinajstić information content (AvgIpc) is 3.24. The molecule has 1 fully saturated rings. The molecule has 0 saturated heterocycles. The van der Waals surface area contributed by atoms with Gasteiger partial charge >= 0.3 is 0 Å². The fourth-order valence-electron chi connectivity index (χ4n) is 1.81. The summed E-state index contributed by atoms with van der Waals surface area (Å²) in [7, 11) is -3.71. The molecule has 1 aliphatic rings. The zero-order chi connectivity index (χ0) is 15.5. The lowest BCUT2D eigenvalue weighted by atomic mass is 10.2. The van der Waals surface area contributed by atoms with E-state index in [2.05, 4.69) is 10.0 Å². The van der Waals surface area contributed by atoms with Crippen LogP contribution in [0.4, 0.5) is 4.39 Å². The summed E-state index contributed by atoms with van der Waals surface area (Å²) in [6.07, 6.45) is 4.07. The maximum Gasteiger partial charge on any atom is 0.240 e. The number of thioether (sulfide) groups is 1. The number of halogens is 2. The molecule has 0 unspecified atom stereocenters. The van der Waals surface area contributed by atoms with E-state index in [4.69, 9.17) is 11.6 Å². The highest BCUT2D eigenvalue weighted by Gasteiger charge is 2.22. The van der Waals surface area contributed by atoms with E-state index >= 15 is 0 Å². The lowest BCUT2D eigenvalue weighted by Gasteiger charge is -2.11. The monoisotopic (exact) mass is 352 g/mol. The zero-order valence-electron chi connectivity index (χ0n) is 11.7. The minimum Gasteiger partial charge on any atom is -0.310 e. The molecule has 8 heteroatoms. The van der Waals surface area contributed by atoms with E-state index in [0.29, 0.717) is 30.4 Å². The largest absolute Gasteiger partial charge is 0.310 e. The van der Waals surface area contributed by atoms with Crippen molar-refractivity contribution in [3.8, 4) is 0 Å². The Labute approximate surface area is 133 Å². The van der Waals surface area contributed by atoms with Gasteiger partial charge in [0.1, 0.15) is 5.82 Å². The number of rotatable bonds is 8. The summed E-state index contributed by atoms with van der Waals surface area (Å²) in [6, 6.07) is 2.83. The standard InChI is InChI=1S/C13H18ClFN2O2S2/c1-20-5-4-17-21(18,19)11-6-9(8-16-10-2-3-10)13(14)12(15)7-11/h6-7,10,16-17H,2-5,8H2,1H3. The van der Waals surface area contributed by atoms with Crippen LogP contribution in [0.15, 0.2) is 17.0 Å². The van der Waals surface area contributed by atoms with Crippen LogP contribution >= 0.6 is 23.4 Å². The number of sulfonamides is 1. The number of hydrogen-bond acceptors (Lipinski definition) is 4. The highest BCUT2D eigenvalue weighted by Crippen LogP contribution is 2.26. The number of nitrogens with one attached hydrogen (secondary N) is 2. The highest BCUT2D eigenvalue weighted by atomic mass is 35.5. The van der Waals surface area contributed by atoms with Crippen molar-refractivity contribution < 1.29 is 12.8 Å². The van der Waals surface area contributed by atoms with E-state index in [1.165, 1.54) is 17.8 Å². The summed E-state index contributed by atoms with van der Waals surface area (Å²) in [5, 5.41) is 3.18. The molecular weight excluding hydrogens is 335 g/mol. The summed E-state index contributed by atoms with van der Waals surface area (Å²) >= 11 is 7.44. The summed E-state index contributed by atoms with van der Waals surface area (Å²) in [6.45, 7) is 0.679. The van der Waals surface area contributed by atoms with E-state index in [0.717, 1.165) is 18.9 Å². The second-order valence-electron chi connectivity index (χ2n) is 4.92. The van der Waals surface area contributed by atoms with E-state index in [1.54, 1.807) is 0 Å². The van der Waals surface area contributed by atoms with Gasteiger partial charge in [0.2, 0.25) is 10.0 Å². The summed E-state index contributed by atoms with van der Waals surface area (Å²) in [5.74, 6) is -0.0530. The van der Waals surface area contributed by atoms with Crippen molar-refractivity contribution in [2.24, 2.45) is 0 Å². The molecule has 0 spiro atoms. The third-order valence-corrected chi connectivity index (χ3v) is 5.62. The second-order valence-corrected chi connectivity index (χ2v) is 8.05. The van der Waals surface area contributed by atoms with Gasteiger partial charge in [-0.15, -0.1) is 0 Å². The van der Waals surface area contributed by atoms with Crippen LogP contribution < -0.4 is 10.0 Å². The van der Waals surface area contributed by atoms with Crippen LogP contribution in [0.25, 0.3) is 0 Å². The van der Waals surface area contributed by atoms with Crippen LogP contribution in [-0.4, -0.2) is 33.0 Å². The molecule has 1 aromatic rings. The van der Waals surface area contributed by atoms with Gasteiger partial charge in [0.25, 0.3) is 0 Å². The van der Waals surface area contributed by atoms with Gasteiger partial charge in [0.15, 0.2) is 0 Å². The van der Waals surface area contributed by atoms with Crippen LogP contribution in [0.1, 0.15) is 18.4 Å². The molecule has 4 nitrogen and oxygen atoms in total. The third-order valence-electron chi connectivity index (χ3n) is 3.14. The normalized spacial score (nSPS) is 15.4. The Kier molecular flexibility index (Phi) is 5.90. The molecule has 0 atom stereocenters. The van der Waals surface area contributed by atoms with E-state index in [1.807, 2.05) is 6.26 Å². The van der Waals surface area contributed by atoms with Crippen molar-refractivity contribution in [3.63, 3.8) is 0 Å². The van der Waals surface area contributed by atoms with Crippen molar-refractivity contribution >= 4 is 33.4 Å². The second kappa shape index (κ2) is 7.28. The number of benzene rings is 1. The molecule has 0 bridgehead atoms. The molecule has 118 valence electrons. The van der Waals surface area contributed by atoms with Gasteiger partial charge in [-0.1, -0.05) is 11.6 Å². The first-order valence-corrected chi connectivity index (χ1v) is 9.89. The topological polar surface area (TPSA) is 58.2 Å². The molecule has 1 aromatic carbocycles. The van der Waals surface area contributed by atoms with E-state index < -0.39 is 15.8 Å². The molecule has 2 rings (SSSR count). The van der Waals surface area contributed by atoms with Crippen LogP contribution in [0, 0.1) is 5.82 Å². The SMILES string of the molecule is CSCCNS(=O)(=O)c1cc(F)c(Cl)c(CNC2CC2)c1. The van der Waals surface area contributed by atoms with Gasteiger partial charge in [-0.25, -0.2) is 17.5 Å². The Morgan fingerprint density at radius 1 is 1.43 bits per heavy atom. The Balaban J connectivity index is 2.18. The Bertz CT molecular complexity index is 606. The van der Waals surface area contributed by atoms with Gasteiger partial charge in [-0.2, -0.15) is 11.8 Å². The summed E-state index contributed by atoms with van der Waals surface area (Å²) in [5.41, 5.74) is 0.466. The maximum atomic E-state index is 13.8. The fourth-order valence-corrected chi connectivity index (χ4v) is 3.51. The molecule has 1 saturated carbocycles. The zero-order valence-corrected chi connectivity index (χ0v) is 14.0. The van der Waals surface area contributed by atoms with Gasteiger partial charge in [-0.3, -0.25) is 0 Å². The lowest BCUT2D eigenvalue weighted by molar-refractivity contribution is 0.578. The Morgan fingerprint density at radius 3 is 2.76 bits per heavy atom. The van der Waals surface area contributed by atoms with Crippen molar-refractivity contribution in [3.05, 3.63) is 28.5 Å². The molecule has 0 heterocycles. The minimum absolute atomic E-state index is 0.0220. The first kappa shape index (κ1) is 17.0. The van der Waals surface area contributed by atoms with Gasteiger partial charge in [0, 0.05) is 24.9 Å². The molecule has 0 aliphatic heterocycles. The quantitative estimate of drug-likeness (QED) is 0.705. The fraction of sp³-hybridized carbons (Fsp3) is 0.538. The van der Waals surface area contributed by atoms with Gasteiger partial charge < -0.3 is 5.32 Å². The van der Waals surface area contributed by atoms with E-state index in [9.17, 15) is 12.8 Å². The first-order valence-electron chi connectivity index (χ1n) is 6.64. The van der Waals surface area contributed by atoms with Crippen LogP contribution in [-0.2, 0) is 16.6 Å². The average molecular weight is 353 g/mol. The van der Waals surface area contributed by atoms with Crippen LogP contribution in [0.5, 0.6) is 0 Å². The lowest BCUT2D eigenvalue weighted by Crippen LogP contribution is -2.26. The third kappa shape index (κ3) is 4.82. The predicted octanol–water partition coefficient (Wildman–Crippen LogP) is 2.37. The summed E-state index contributed by atoms with van der Waals surface area (Å²) in [4.78, 5) is -0.0851. The van der Waals surface area contributed by atoms with Gasteiger partial charge in [0.05, 0.1) is 9.92 Å². The van der Waals surface area contributed by atoms with Crippen LogP contribution in [0.2, 0.25) is 5.02 Å². The van der Waals surface area contributed by atoms with Crippen molar-refractivity contribution in [1.29, 1.82) is 0 Å².